The fraction of sp³-hybridized carbons (Fsp3) is 0.500. The highest BCUT2D eigenvalue weighted by atomic mass is 79.9. The molecule has 0 N–H and O–H groups in total. The van der Waals surface area contributed by atoms with Gasteiger partial charge >= 0.3 is 6.09 Å². The first-order chi connectivity index (χ1) is 8.35. The molecule has 1 amide bonds. The first kappa shape index (κ1) is 13.4. The van der Waals surface area contributed by atoms with Gasteiger partial charge in [-0.25, -0.2) is 4.79 Å². The monoisotopic (exact) mass is 311 g/mol. The van der Waals surface area contributed by atoms with Crippen LogP contribution >= 0.6 is 15.9 Å². The largest absolute Gasteiger partial charge is 0.444 e. The Kier molecular flexibility index (Phi) is 3.66. The second-order valence-electron chi connectivity index (χ2n) is 5.59. The van der Waals surface area contributed by atoms with Gasteiger partial charge in [-0.2, -0.15) is 0 Å². The molecule has 4 heteroatoms. The zero-order chi connectivity index (χ0) is 13.3. The van der Waals surface area contributed by atoms with E-state index in [-0.39, 0.29) is 6.09 Å². The molecule has 18 heavy (non-hydrogen) atoms. The Morgan fingerprint density at radius 2 is 2.00 bits per heavy atom. The number of carbonyl (C=O) groups excluding carboxylic acids is 1. The van der Waals surface area contributed by atoms with Gasteiger partial charge in [0.25, 0.3) is 0 Å². The van der Waals surface area contributed by atoms with Crippen molar-refractivity contribution >= 4 is 22.0 Å². The third kappa shape index (κ3) is 3.25. The molecule has 2 aliphatic rings. The molecule has 0 aromatic heterocycles. The molecule has 1 saturated heterocycles. The molecule has 2 rings (SSSR count). The van der Waals surface area contributed by atoms with Gasteiger partial charge in [-0.05, 0) is 44.4 Å². The lowest BCUT2D eigenvalue weighted by Crippen LogP contribution is -2.47. The molecule has 3 nitrogen and oxygen atoms in total. The lowest BCUT2D eigenvalue weighted by molar-refractivity contribution is 0.0213. The number of amides is 1. The Hall–Kier alpha value is -1.03. The Morgan fingerprint density at radius 1 is 1.33 bits per heavy atom. The van der Waals surface area contributed by atoms with E-state index in [9.17, 15) is 4.79 Å². The normalized spacial score (nSPS) is 19.6. The van der Waals surface area contributed by atoms with Gasteiger partial charge in [-0.1, -0.05) is 28.1 Å². The van der Waals surface area contributed by atoms with Crippen molar-refractivity contribution in [2.24, 2.45) is 0 Å². The number of halogens is 1. The van der Waals surface area contributed by atoms with Crippen LogP contribution in [0.15, 0.2) is 33.9 Å². The third-order valence-electron chi connectivity index (χ3n) is 2.83. The van der Waals surface area contributed by atoms with Crippen LogP contribution in [-0.4, -0.2) is 29.7 Å². The molecule has 0 bridgehead atoms. The number of nitrogens with zero attached hydrogens (tertiary/aromatic N) is 1. The molecule has 0 radical (unpaired) electrons. The molecule has 0 unspecified atom stereocenters. The molecule has 1 heterocycles. The van der Waals surface area contributed by atoms with E-state index in [0.717, 1.165) is 10.9 Å². The summed E-state index contributed by atoms with van der Waals surface area (Å²) in [5.74, 6) is 0. The second kappa shape index (κ2) is 4.92. The number of carbonyl (C=O) groups is 1. The first-order valence-corrected chi connectivity index (χ1v) is 6.87. The van der Waals surface area contributed by atoms with E-state index in [0.29, 0.717) is 13.1 Å². The van der Waals surface area contributed by atoms with Crippen LogP contribution < -0.4 is 0 Å². The maximum absolute atomic E-state index is 11.8. The van der Waals surface area contributed by atoms with Crippen molar-refractivity contribution in [3.63, 3.8) is 0 Å². The molecule has 1 aliphatic carbocycles. The van der Waals surface area contributed by atoms with Crippen LogP contribution in [0.4, 0.5) is 4.79 Å². The Bertz CT molecular complexity index is 447. The maximum atomic E-state index is 11.8. The molecule has 98 valence electrons. The Balaban J connectivity index is 1.90. The number of allylic oxidation sites excluding steroid dienone is 5. The summed E-state index contributed by atoms with van der Waals surface area (Å²) in [4.78, 5) is 13.5. The fourth-order valence-corrected chi connectivity index (χ4v) is 2.15. The smallest absolute Gasteiger partial charge is 0.410 e. The highest BCUT2D eigenvalue weighted by molar-refractivity contribution is 9.11. The summed E-state index contributed by atoms with van der Waals surface area (Å²) in [5.41, 5.74) is 2.23. The molecule has 0 aromatic carbocycles. The summed E-state index contributed by atoms with van der Waals surface area (Å²) in [5, 5.41) is 0. The number of hydrogen-bond donors (Lipinski definition) is 0. The van der Waals surface area contributed by atoms with Gasteiger partial charge in [0.2, 0.25) is 0 Å². The van der Waals surface area contributed by atoms with Crippen molar-refractivity contribution in [3.8, 4) is 0 Å². The van der Waals surface area contributed by atoms with Crippen LogP contribution in [0.3, 0.4) is 0 Å². The zero-order valence-corrected chi connectivity index (χ0v) is 12.6. The van der Waals surface area contributed by atoms with Gasteiger partial charge in [0.1, 0.15) is 5.60 Å². The average molecular weight is 312 g/mol. The summed E-state index contributed by atoms with van der Waals surface area (Å²) >= 11 is 3.44. The van der Waals surface area contributed by atoms with Crippen molar-refractivity contribution in [2.45, 2.75) is 32.8 Å². The lowest BCUT2D eigenvalue weighted by atomic mass is 9.96. The van der Waals surface area contributed by atoms with E-state index in [1.54, 1.807) is 4.90 Å². The van der Waals surface area contributed by atoms with Gasteiger partial charge in [-0.3, -0.25) is 0 Å². The van der Waals surface area contributed by atoms with E-state index in [1.165, 1.54) is 11.1 Å². The van der Waals surface area contributed by atoms with Crippen molar-refractivity contribution in [3.05, 3.63) is 33.9 Å². The summed E-state index contributed by atoms with van der Waals surface area (Å²) in [6.45, 7) is 7.04. The number of likely N-dealkylation sites (tertiary alicyclic amines) is 1. The number of rotatable bonds is 0. The van der Waals surface area contributed by atoms with Crippen LogP contribution in [0, 0.1) is 0 Å². The predicted octanol–water partition coefficient (Wildman–Crippen LogP) is 3.77. The maximum Gasteiger partial charge on any atom is 0.410 e. The Morgan fingerprint density at radius 3 is 2.50 bits per heavy atom. The standard InChI is InChI=1S/C14H18BrNO2/c1-14(2,3)18-13(17)16-8-11(9-16)10-4-6-12(15)7-5-10/h4,6-7H,5,8-9H2,1-3H3. The summed E-state index contributed by atoms with van der Waals surface area (Å²) in [6.07, 6.45) is 7.02. The van der Waals surface area contributed by atoms with E-state index in [2.05, 4.69) is 28.1 Å². The predicted molar refractivity (Wildman–Crippen MR) is 75.6 cm³/mol. The van der Waals surface area contributed by atoms with E-state index >= 15 is 0 Å². The minimum Gasteiger partial charge on any atom is -0.444 e. The topological polar surface area (TPSA) is 29.5 Å². The van der Waals surface area contributed by atoms with Crippen molar-refractivity contribution in [1.82, 2.24) is 4.90 Å². The van der Waals surface area contributed by atoms with Gasteiger partial charge in [0, 0.05) is 17.6 Å². The lowest BCUT2D eigenvalue weighted by Gasteiger charge is -2.36. The highest BCUT2D eigenvalue weighted by Gasteiger charge is 2.30. The van der Waals surface area contributed by atoms with Crippen LogP contribution in [0.5, 0.6) is 0 Å². The molecule has 1 fully saturated rings. The molecule has 0 saturated carbocycles. The average Bonchev–Trinajstić information content (AvgIpc) is 2.15. The third-order valence-corrected chi connectivity index (χ3v) is 3.42. The number of ether oxygens (including phenoxy) is 1. The molecule has 0 atom stereocenters. The summed E-state index contributed by atoms with van der Waals surface area (Å²) in [6, 6.07) is 0. The molecular formula is C14H18BrNO2. The molecule has 0 aromatic rings. The highest BCUT2D eigenvalue weighted by Crippen LogP contribution is 2.27. The van der Waals surface area contributed by atoms with Crippen LogP contribution in [0.25, 0.3) is 0 Å². The SMILES string of the molecule is CC(C)(C)OC(=O)N1CC(=C2C=CC(Br)=CC2)C1. The molecule has 0 spiro atoms. The van der Waals surface area contributed by atoms with Crippen molar-refractivity contribution < 1.29 is 9.53 Å². The van der Waals surface area contributed by atoms with Crippen LogP contribution in [-0.2, 0) is 4.74 Å². The van der Waals surface area contributed by atoms with Gasteiger partial charge < -0.3 is 9.64 Å². The van der Waals surface area contributed by atoms with Crippen LogP contribution in [0.2, 0.25) is 0 Å². The van der Waals surface area contributed by atoms with E-state index in [1.807, 2.05) is 26.8 Å². The number of hydrogen-bond acceptors (Lipinski definition) is 2. The van der Waals surface area contributed by atoms with E-state index < -0.39 is 5.60 Å². The van der Waals surface area contributed by atoms with Crippen molar-refractivity contribution in [2.75, 3.05) is 13.1 Å². The van der Waals surface area contributed by atoms with Gasteiger partial charge in [0.15, 0.2) is 0 Å². The minimum atomic E-state index is -0.418. The zero-order valence-electron chi connectivity index (χ0n) is 11.0. The summed E-state index contributed by atoms with van der Waals surface area (Å²) in [7, 11) is 0. The summed E-state index contributed by atoms with van der Waals surface area (Å²) < 4.78 is 6.44. The van der Waals surface area contributed by atoms with E-state index in [4.69, 9.17) is 4.74 Å². The first-order valence-electron chi connectivity index (χ1n) is 6.08. The van der Waals surface area contributed by atoms with Crippen LogP contribution in [0.1, 0.15) is 27.2 Å². The van der Waals surface area contributed by atoms with Gasteiger partial charge in [-0.15, -0.1) is 0 Å². The minimum absolute atomic E-state index is 0.219. The molecular weight excluding hydrogens is 294 g/mol. The second-order valence-corrected chi connectivity index (χ2v) is 6.51. The fourth-order valence-electron chi connectivity index (χ4n) is 1.86. The van der Waals surface area contributed by atoms with Crippen molar-refractivity contribution in [1.29, 1.82) is 0 Å². The molecule has 1 aliphatic heterocycles. The quantitative estimate of drug-likeness (QED) is 0.681. The Labute approximate surface area is 116 Å². The van der Waals surface area contributed by atoms with Gasteiger partial charge in [0.05, 0.1) is 0 Å².